The lowest BCUT2D eigenvalue weighted by Gasteiger charge is -2.28. The van der Waals surface area contributed by atoms with Crippen LogP contribution in [0.15, 0.2) is 30.3 Å². The lowest BCUT2D eigenvalue weighted by Crippen LogP contribution is -2.45. The Labute approximate surface area is 109 Å². The molecule has 1 aromatic carbocycles. The third-order valence-corrected chi connectivity index (χ3v) is 3.79. The molecule has 2 aliphatic rings. The summed E-state index contributed by atoms with van der Waals surface area (Å²) in [6, 6.07) is 9.38. The largest absolute Gasteiger partial charge is 0.457 e. The van der Waals surface area contributed by atoms with Crippen LogP contribution in [0.25, 0.3) is 0 Å². The quantitative estimate of drug-likeness (QED) is 0.618. The Hall–Kier alpha value is -1.10. The first kappa shape index (κ1) is 12.0. The van der Waals surface area contributed by atoms with Gasteiger partial charge < -0.3 is 14.6 Å². The third-order valence-electron chi connectivity index (χ3n) is 3.39. The zero-order valence-electron chi connectivity index (χ0n) is 9.53. The molecule has 0 aromatic heterocycles. The molecule has 5 atom stereocenters. The number of ether oxygens (including phenoxy) is 2. The average Bonchev–Trinajstić information content (AvgIpc) is 2.69. The molecule has 0 saturated carbocycles. The zero-order valence-corrected chi connectivity index (χ0v) is 10.3. The van der Waals surface area contributed by atoms with E-state index in [4.69, 9.17) is 21.1 Å². The summed E-state index contributed by atoms with van der Waals surface area (Å²) < 4.78 is 10.9. The van der Waals surface area contributed by atoms with E-state index in [0.29, 0.717) is 0 Å². The van der Waals surface area contributed by atoms with Gasteiger partial charge in [0.15, 0.2) is 6.10 Å². The standard InChI is InChI=1S/C13H13ClO4/c14-8-6-9(15)17-13-10(16)11(18-12(8)13)7-4-2-1-3-5-7/h1-5,8,10-13,16H,6H2/t8-,10-,11-,12?,13?/m1/s1. The van der Waals surface area contributed by atoms with E-state index in [-0.39, 0.29) is 12.4 Å². The van der Waals surface area contributed by atoms with Crippen LogP contribution in [0.4, 0.5) is 0 Å². The molecule has 0 aliphatic carbocycles. The highest BCUT2D eigenvalue weighted by Gasteiger charge is 2.52. The number of halogens is 1. The Morgan fingerprint density at radius 3 is 2.67 bits per heavy atom. The number of aliphatic hydroxyl groups excluding tert-OH is 1. The fourth-order valence-corrected chi connectivity index (χ4v) is 2.84. The number of hydrogen-bond acceptors (Lipinski definition) is 4. The van der Waals surface area contributed by atoms with Crippen LogP contribution in [0.5, 0.6) is 0 Å². The summed E-state index contributed by atoms with van der Waals surface area (Å²) in [6.07, 6.45) is -2.35. The Bertz CT molecular complexity index is 450. The van der Waals surface area contributed by atoms with Crippen LogP contribution in [0.2, 0.25) is 0 Å². The van der Waals surface area contributed by atoms with Gasteiger partial charge in [-0.05, 0) is 5.56 Å². The van der Waals surface area contributed by atoms with Gasteiger partial charge >= 0.3 is 5.97 Å². The van der Waals surface area contributed by atoms with Gasteiger partial charge in [-0.15, -0.1) is 11.6 Å². The van der Waals surface area contributed by atoms with E-state index >= 15 is 0 Å². The SMILES string of the molecule is O=C1C[C@@H](Cl)C2O[C@H](c3ccccc3)[C@@H](O)C2O1. The molecule has 2 saturated heterocycles. The number of alkyl halides is 1. The number of aliphatic hydroxyl groups is 1. The molecule has 0 spiro atoms. The minimum absolute atomic E-state index is 0.122. The number of carbonyl (C=O) groups excluding carboxylic acids is 1. The fraction of sp³-hybridized carbons (Fsp3) is 0.462. The van der Waals surface area contributed by atoms with E-state index in [1.165, 1.54) is 0 Å². The highest BCUT2D eigenvalue weighted by Crippen LogP contribution is 2.40. The lowest BCUT2D eigenvalue weighted by molar-refractivity contribution is -0.162. The van der Waals surface area contributed by atoms with E-state index in [0.717, 1.165) is 5.56 Å². The van der Waals surface area contributed by atoms with Gasteiger partial charge in [0, 0.05) is 0 Å². The van der Waals surface area contributed by atoms with Gasteiger partial charge in [-0.3, -0.25) is 4.79 Å². The average molecular weight is 269 g/mol. The molecule has 2 heterocycles. The highest BCUT2D eigenvalue weighted by atomic mass is 35.5. The second-order valence-corrected chi connectivity index (χ2v) is 5.16. The van der Waals surface area contributed by atoms with Crippen molar-refractivity contribution in [3.63, 3.8) is 0 Å². The second-order valence-electron chi connectivity index (χ2n) is 4.60. The van der Waals surface area contributed by atoms with Gasteiger partial charge in [0.05, 0.1) is 11.8 Å². The Morgan fingerprint density at radius 2 is 1.94 bits per heavy atom. The molecule has 96 valence electrons. The summed E-state index contributed by atoms with van der Waals surface area (Å²) >= 11 is 6.09. The predicted octanol–water partition coefficient (Wildman–Crippen LogP) is 1.41. The molecule has 18 heavy (non-hydrogen) atoms. The van der Waals surface area contributed by atoms with Crippen LogP contribution in [0.3, 0.4) is 0 Å². The maximum Gasteiger partial charge on any atom is 0.307 e. The predicted molar refractivity (Wildman–Crippen MR) is 64.2 cm³/mol. The topological polar surface area (TPSA) is 55.8 Å². The van der Waals surface area contributed by atoms with Crippen molar-refractivity contribution in [2.75, 3.05) is 0 Å². The lowest BCUT2D eigenvalue weighted by atomic mass is 9.98. The molecule has 5 heteroatoms. The minimum Gasteiger partial charge on any atom is -0.457 e. The molecule has 0 bridgehead atoms. The first-order valence-corrected chi connectivity index (χ1v) is 6.32. The van der Waals surface area contributed by atoms with Crippen molar-refractivity contribution in [1.29, 1.82) is 0 Å². The van der Waals surface area contributed by atoms with E-state index in [1.807, 2.05) is 30.3 Å². The summed E-state index contributed by atoms with van der Waals surface area (Å²) in [4.78, 5) is 11.3. The van der Waals surface area contributed by atoms with Crippen molar-refractivity contribution < 1.29 is 19.4 Å². The molecule has 2 aliphatic heterocycles. The van der Waals surface area contributed by atoms with Crippen molar-refractivity contribution in [1.82, 2.24) is 0 Å². The maximum atomic E-state index is 11.3. The Morgan fingerprint density at radius 1 is 1.22 bits per heavy atom. The fourth-order valence-electron chi connectivity index (χ4n) is 2.52. The van der Waals surface area contributed by atoms with E-state index < -0.39 is 29.8 Å². The molecule has 0 radical (unpaired) electrons. The van der Waals surface area contributed by atoms with Crippen LogP contribution in [0.1, 0.15) is 18.1 Å². The van der Waals surface area contributed by atoms with Crippen LogP contribution in [-0.4, -0.2) is 34.8 Å². The number of benzene rings is 1. The van der Waals surface area contributed by atoms with E-state index in [2.05, 4.69) is 0 Å². The smallest absolute Gasteiger partial charge is 0.307 e. The van der Waals surface area contributed by atoms with Gasteiger partial charge in [0.1, 0.15) is 18.3 Å². The van der Waals surface area contributed by atoms with E-state index in [1.54, 1.807) is 0 Å². The Balaban J connectivity index is 1.86. The van der Waals surface area contributed by atoms with Gasteiger partial charge in [-0.1, -0.05) is 30.3 Å². The van der Waals surface area contributed by atoms with Crippen LogP contribution < -0.4 is 0 Å². The van der Waals surface area contributed by atoms with Crippen molar-refractivity contribution in [2.24, 2.45) is 0 Å². The maximum absolute atomic E-state index is 11.3. The summed E-state index contributed by atoms with van der Waals surface area (Å²) in [5.74, 6) is -0.382. The van der Waals surface area contributed by atoms with Gasteiger partial charge in [-0.2, -0.15) is 0 Å². The third kappa shape index (κ3) is 1.90. The van der Waals surface area contributed by atoms with Crippen LogP contribution in [-0.2, 0) is 14.3 Å². The molecule has 3 rings (SSSR count). The second kappa shape index (κ2) is 4.53. The molecule has 1 N–H and O–H groups in total. The molecule has 2 fully saturated rings. The zero-order chi connectivity index (χ0) is 12.7. The molecule has 1 aromatic rings. The van der Waals surface area contributed by atoms with Crippen molar-refractivity contribution in [3.05, 3.63) is 35.9 Å². The van der Waals surface area contributed by atoms with Crippen molar-refractivity contribution in [2.45, 2.75) is 36.2 Å². The van der Waals surface area contributed by atoms with Crippen molar-refractivity contribution >= 4 is 17.6 Å². The normalized spacial score (nSPS) is 39.2. The first-order valence-electron chi connectivity index (χ1n) is 5.89. The summed E-state index contributed by atoms with van der Waals surface area (Å²) in [6.45, 7) is 0. The molecular formula is C13H13ClO4. The molecule has 2 unspecified atom stereocenters. The van der Waals surface area contributed by atoms with Crippen molar-refractivity contribution in [3.8, 4) is 0 Å². The number of rotatable bonds is 1. The van der Waals surface area contributed by atoms with Gasteiger partial charge in [-0.25, -0.2) is 0 Å². The van der Waals surface area contributed by atoms with E-state index in [9.17, 15) is 9.90 Å². The number of esters is 1. The summed E-state index contributed by atoms with van der Waals surface area (Å²) in [5, 5.41) is 9.77. The molecular weight excluding hydrogens is 256 g/mol. The van der Waals surface area contributed by atoms with Gasteiger partial charge in [0.25, 0.3) is 0 Å². The minimum atomic E-state index is -0.872. The summed E-state index contributed by atoms with van der Waals surface area (Å²) in [5.41, 5.74) is 0.860. The number of fused-ring (bicyclic) bond motifs is 1. The summed E-state index contributed by atoms with van der Waals surface area (Å²) in [7, 11) is 0. The monoisotopic (exact) mass is 268 g/mol. The molecule has 0 amide bonds. The van der Waals surface area contributed by atoms with Crippen LogP contribution >= 0.6 is 11.6 Å². The van der Waals surface area contributed by atoms with Crippen LogP contribution in [0, 0.1) is 0 Å². The number of hydrogen-bond donors (Lipinski definition) is 1. The van der Waals surface area contributed by atoms with Gasteiger partial charge in [0.2, 0.25) is 0 Å². The highest BCUT2D eigenvalue weighted by molar-refractivity contribution is 6.22. The Kier molecular flexibility index (Phi) is 3.01. The molecule has 4 nitrogen and oxygen atoms in total. The number of carbonyl (C=O) groups is 1. The first-order chi connectivity index (χ1) is 8.66.